The van der Waals surface area contributed by atoms with Crippen molar-refractivity contribution in [2.75, 3.05) is 30.4 Å². The normalized spacial score (nSPS) is 16.3. The van der Waals surface area contributed by atoms with Gasteiger partial charge in [0.15, 0.2) is 11.6 Å². The SMILES string of the molecule is COc1ccc(N2CCC(CC(=O)Nc3ccc4c(c3)OC(=O)C4)CC2)cc1F. The molecule has 1 amide bonds. The van der Waals surface area contributed by atoms with E-state index < -0.39 is 0 Å². The number of piperidine rings is 1. The molecule has 0 bridgehead atoms. The van der Waals surface area contributed by atoms with Gasteiger partial charge in [-0.25, -0.2) is 4.39 Å². The Hall–Kier alpha value is -3.09. The van der Waals surface area contributed by atoms with Crippen LogP contribution in [0.1, 0.15) is 24.8 Å². The molecule has 0 saturated carbocycles. The lowest BCUT2D eigenvalue weighted by molar-refractivity contribution is -0.131. The zero-order valence-electron chi connectivity index (χ0n) is 16.2. The van der Waals surface area contributed by atoms with Gasteiger partial charge in [-0.1, -0.05) is 6.07 Å². The number of nitrogens with zero attached hydrogens (tertiary/aromatic N) is 1. The average Bonchev–Trinajstić information content (AvgIpc) is 3.07. The van der Waals surface area contributed by atoms with Crippen molar-refractivity contribution in [2.45, 2.75) is 25.7 Å². The van der Waals surface area contributed by atoms with Gasteiger partial charge in [0.1, 0.15) is 5.75 Å². The Balaban J connectivity index is 1.28. The van der Waals surface area contributed by atoms with Crippen molar-refractivity contribution in [3.63, 3.8) is 0 Å². The van der Waals surface area contributed by atoms with E-state index in [-0.39, 0.29) is 35.8 Å². The molecule has 1 fully saturated rings. The van der Waals surface area contributed by atoms with Gasteiger partial charge in [-0.15, -0.1) is 0 Å². The van der Waals surface area contributed by atoms with E-state index in [9.17, 15) is 14.0 Å². The molecule has 0 radical (unpaired) electrons. The predicted octanol–water partition coefficient (Wildman–Crippen LogP) is 3.54. The van der Waals surface area contributed by atoms with E-state index in [2.05, 4.69) is 10.2 Å². The van der Waals surface area contributed by atoms with Gasteiger partial charge >= 0.3 is 5.97 Å². The molecule has 0 unspecified atom stereocenters. The van der Waals surface area contributed by atoms with Crippen LogP contribution in [0.2, 0.25) is 0 Å². The maximum atomic E-state index is 13.9. The van der Waals surface area contributed by atoms with Crippen molar-refractivity contribution < 1.29 is 23.5 Å². The number of carbonyl (C=O) groups excluding carboxylic acids is 2. The largest absolute Gasteiger partial charge is 0.494 e. The second kappa shape index (κ2) is 8.11. The molecule has 0 spiro atoms. The summed E-state index contributed by atoms with van der Waals surface area (Å²) in [4.78, 5) is 25.9. The highest BCUT2D eigenvalue weighted by atomic mass is 19.1. The Labute approximate surface area is 168 Å². The zero-order valence-corrected chi connectivity index (χ0v) is 16.2. The lowest BCUT2D eigenvalue weighted by Crippen LogP contribution is -2.35. The summed E-state index contributed by atoms with van der Waals surface area (Å²) in [6.45, 7) is 1.55. The monoisotopic (exact) mass is 398 g/mol. The number of hydrogen-bond acceptors (Lipinski definition) is 5. The minimum absolute atomic E-state index is 0.0526. The molecule has 7 heteroatoms. The van der Waals surface area contributed by atoms with Crippen LogP contribution in [0.5, 0.6) is 11.5 Å². The number of hydrogen-bond donors (Lipinski definition) is 1. The third kappa shape index (κ3) is 4.34. The summed E-state index contributed by atoms with van der Waals surface area (Å²) < 4.78 is 24.0. The van der Waals surface area contributed by atoms with Crippen molar-refractivity contribution in [1.29, 1.82) is 0 Å². The van der Waals surface area contributed by atoms with Crippen LogP contribution in [0, 0.1) is 11.7 Å². The number of rotatable bonds is 5. The molecule has 0 aromatic heterocycles. The number of esters is 1. The lowest BCUT2D eigenvalue weighted by atomic mass is 9.93. The molecule has 0 aliphatic carbocycles. The Bertz CT molecular complexity index is 938. The first kappa shape index (κ1) is 19.2. The molecule has 6 nitrogen and oxygen atoms in total. The van der Waals surface area contributed by atoms with Crippen LogP contribution in [-0.2, 0) is 16.0 Å². The average molecular weight is 398 g/mol. The molecule has 152 valence electrons. The predicted molar refractivity (Wildman–Crippen MR) is 107 cm³/mol. The Morgan fingerprint density at radius 3 is 2.76 bits per heavy atom. The summed E-state index contributed by atoms with van der Waals surface area (Å²) >= 11 is 0. The van der Waals surface area contributed by atoms with Crippen LogP contribution >= 0.6 is 0 Å². The highest BCUT2D eigenvalue weighted by molar-refractivity contribution is 5.92. The van der Waals surface area contributed by atoms with E-state index in [1.165, 1.54) is 13.2 Å². The number of anilines is 2. The summed E-state index contributed by atoms with van der Waals surface area (Å²) in [5.74, 6) is 0.345. The summed E-state index contributed by atoms with van der Waals surface area (Å²) in [7, 11) is 1.45. The third-order valence-electron chi connectivity index (χ3n) is 5.50. The summed E-state index contributed by atoms with van der Waals surface area (Å²) in [6.07, 6.45) is 2.44. The van der Waals surface area contributed by atoms with Crippen LogP contribution in [0.3, 0.4) is 0 Å². The highest BCUT2D eigenvalue weighted by Crippen LogP contribution is 2.31. The van der Waals surface area contributed by atoms with Crippen molar-refractivity contribution in [2.24, 2.45) is 5.92 Å². The van der Waals surface area contributed by atoms with Crippen LogP contribution in [0.15, 0.2) is 36.4 Å². The standard InChI is InChI=1S/C22H23FN2O4/c1-28-19-5-4-17(13-18(19)23)25-8-6-14(7-9-25)10-21(26)24-16-3-2-15-11-22(27)29-20(15)12-16/h2-5,12-14H,6-11H2,1H3,(H,24,26). The zero-order chi connectivity index (χ0) is 20.4. The Morgan fingerprint density at radius 2 is 2.03 bits per heavy atom. The number of methoxy groups -OCH3 is 1. The quantitative estimate of drug-likeness (QED) is 0.616. The van der Waals surface area contributed by atoms with Gasteiger partial charge in [0, 0.05) is 48.6 Å². The van der Waals surface area contributed by atoms with E-state index >= 15 is 0 Å². The number of nitrogens with one attached hydrogen (secondary N) is 1. The number of halogens is 1. The molecular weight excluding hydrogens is 375 g/mol. The summed E-state index contributed by atoms with van der Waals surface area (Å²) in [5, 5.41) is 2.89. The molecule has 2 aromatic carbocycles. The first-order valence-corrected chi connectivity index (χ1v) is 9.74. The molecular formula is C22H23FN2O4. The minimum atomic E-state index is -0.369. The van der Waals surface area contributed by atoms with Crippen LogP contribution in [-0.4, -0.2) is 32.1 Å². The van der Waals surface area contributed by atoms with Gasteiger partial charge in [0.05, 0.1) is 13.5 Å². The van der Waals surface area contributed by atoms with Crippen molar-refractivity contribution >= 4 is 23.3 Å². The molecule has 2 aromatic rings. The molecule has 0 atom stereocenters. The Morgan fingerprint density at radius 1 is 1.24 bits per heavy atom. The topological polar surface area (TPSA) is 67.9 Å². The number of fused-ring (bicyclic) bond motifs is 1. The molecule has 2 aliphatic heterocycles. The number of benzene rings is 2. The molecule has 29 heavy (non-hydrogen) atoms. The van der Waals surface area contributed by atoms with Gasteiger partial charge < -0.3 is 19.7 Å². The van der Waals surface area contributed by atoms with E-state index in [1.807, 2.05) is 12.1 Å². The molecule has 1 N–H and O–H groups in total. The van der Waals surface area contributed by atoms with Crippen molar-refractivity contribution in [3.05, 3.63) is 47.8 Å². The Kier molecular flexibility index (Phi) is 5.38. The highest BCUT2D eigenvalue weighted by Gasteiger charge is 2.24. The smallest absolute Gasteiger partial charge is 0.315 e. The summed E-state index contributed by atoms with van der Waals surface area (Å²) in [6, 6.07) is 10.3. The number of amides is 1. The van der Waals surface area contributed by atoms with Gasteiger partial charge in [-0.05, 0) is 37.0 Å². The number of carbonyl (C=O) groups is 2. The van der Waals surface area contributed by atoms with Crippen molar-refractivity contribution in [3.8, 4) is 11.5 Å². The fourth-order valence-electron chi connectivity index (χ4n) is 3.91. The van der Waals surface area contributed by atoms with Gasteiger partial charge in [-0.2, -0.15) is 0 Å². The van der Waals surface area contributed by atoms with Gasteiger partial charge in [0.25, 0.3) is 0 Å². The van der Waals surface area contributed by atoms with Crippen LogP contribution in [0.25, 0.3) is 0 Å². The van der Waals surface area contributed by atoms with Gasteiger partial charge in [-0.3, -0.25) is 9.59 Å². The van der Waals surface area contributed by atoms with Crippen molar-refractivity contribution in [1.82, 2.24) is 0 Å². The van der Waals surface area contributed by atoms with Gasteiger partial charge in [0.2, 0.25) is 5.91 Å². The molecule has 2 heterocycles. The third-order valence-corrected chi connectivity index (χ3v) is 5.50. The molecule has 4 rings (SSSR count). The molecule has 2 aliphatic rings. The maximum Gasteiger partial charge on any atom is 0.315 e. The fourth-order valence-corrected chi connectivity index (χ4v) is 3.91. The summed E-state index contributed by atoms with van der Waals surface area (Å²) in [5.41, 5.74) is 2.31. The van der Waals surface area contributed by atoms with Crippen LogP contribution < -0.4 is 19.7 Å². The van der Waals surface area contributed by atoms with E-state index in [1.54, 1.807) is 18.2 Å². The fraction of sp³-hybridized carbons (Fsp3) is 0.364. The number of ether oxygens (including phenoxy) is 2. The van der Waals surface area contributed by atoms with E-state index in [0.29, 0.717) is 17.9 Å². The van der Waals surface area contributed by atoms with E-state index in [0.717, 1.165) is 37.2 Å². The second-order valence-electron chi connectivity index (χ2n) is 7.47. The maximum absolute atomic E-state index is 13.9. The van der Waals surface area contributed by atoms with Crippen LogP contribution in [0.4, 0.5) is 15.8 Å². The first-order valence-electron chi connectivity index (χ1n) is 9.74. The lowest BCUT2D eigenvalue weighted by Gasteiger charge is -2.33. The van der Waals surface area contributed by atoms with E-state index in [4.69, 9.17) is 9.47 Å². The second-order valence-corrected chi connectivity index (χ2v) is 7.47. The first-order chi connectivity index (χ1) is 14.0. The molecule has 1 saturated heterocycles. The minimum Gasteiger partial charge on any atom is -0.494 e.